The minimum atomic E-state index is -3.43. The molecule has 0 bridgehead atoms. The first-order chi connectivity index (χ1) is 14.6. The largest absolute Gasteiger partial charge is 0.362 e. The zero-order chi connectivity index (χ0) is 22.8. The molecule has 0 aliphatic rings. The van der Waals surface area contributed by atoms with Crippen LogP contribution in [0.25, 0.3) is 11.1 Å². The monoisotopic (exact) mass is 435 g/mol. The molecule has 0 spiro atoms. The highest BCUT2D eigenvalue weighted by Crippen LogP contribution is 2.28. The number of hydrogen-bond donors (Lipinski definition) is 1. The summed E-state index contributed by atoms with van der Waals surface area (Å²) in [7, 11) is 0.195. The number of sulfone groups is 1. The molecule has 2 aromatic heterocycles. The number of carbonyl (C=O) groups excluding carboxylic acids is 1. The molecule has 0 saturated heterocycles. The lowest BCUT2D eigenvalue weighted by molar-refractivity contribution is 0.102. The lowest BCUT2D eigenvalue weighted by atomic mass is 10.0. The highest BCUT2D eigenvalue weighted by Gasteiger charge is 2.14. The lowest BCUT2D eigenvalue weighted by Crippen LogP contribution is -2.13. The molecule has 9 heteroatoms. The quantitative estimate of drug-likeness (QED) is 0.655. The summed E-state index contributed by atoms with van der Waals surface area (Å²) in [5.74, 6) is 0.105. The van der Waals surface area contributed by atoms with Crippen molar-refractivity contribution in [2.75, 3.05) is 30.6 Å². The lowest BCUT2D eigenvalue weighted by Gasteiger charge is -2.15. The molecule has 1 N–H and O–H groups in total. The van der Waals surface area contributed by atoms with E-state index in [4.69, 9.17) is 0 Å². The number of nitrogens with zero attached hydrogens (tertiary/aromatic N) is 4. The predicted molar refractivity (Wildman–Crippen MR) is 119 cm³/mol. The predicted octanol–water partition coefficient (Wildman–Crippen LogP) is 3.05. The fourth-order valence-electron chi connectivity index (χ4n) is 3.01. The Bertz CT molecular complexity index is 1310. The van der Waals surface area contributed by atoms with Crippen LogP contribution < -0.4 is 10.2 Å². The van der Waals surface area contributed by atoms with Gasteiger partial charge in [0.05, 0.1) is 22.3 Å². The fourth-order valence-corrected chi connectivity index (χ4v) is 3.68. The summed E-state index contributed by atoms with van der Waals surface area (Å²) in [4.78, 5) is 23.2. The smallest absolute Gasteiger partial charge is 0.255 e. The van der Waals surface area contributed by atoms with Crippen molar-refractivity contribution in [3.8, 4) is 17.2 Å². The van der Waals surface area contributed by atoms with Crippen molar-refractivity contribution in [2.45, 2.75) is 11.8 Å². The van der Waals surface area contributed by atoms with Crippen molar-refractivity contribution >= 4 is 27.2 Å². The molecule has 0 atom stereocenters. The second-order valence-corrected chi connectivity index (χ2v) is 9.23. The number of rotatable bonds is 5. The van der Waals surface area contributed by atoms with E-state index in [1.807, 2.05) is 21.0 Å². The molecule has 0 saturated carbocycles. The number of benzene rings is 1. The number of hydrogen-bond acceptors (Lipinski definition) is 7. The summed E-state index contributed by atoms with van der Waals surface area (Å²) in [5, 5.41) is 12.2. The van der Waals surface area contributed by atoms with Gasteiger partial charge in [-0.3, -0.25) is 9.78 Å². The number of anilines is 2. The van der Waals surface area contributed by atoms with Crippen molar-refractivity contribution in [3.05, 3.63) is 65.6 Å². The van der Waals surface area contributed by atoms with E-state index in [-0.39, 0.29) is 10.5 Å². The number of carbonyl (C=O) groups is 1. The van der Waals surface area contributed by atoms with E-state index in [2.05, 4.69) is 21.4 Å². The minimum Gasteiger partial charge on any atom is -0.362 e. The van der Waals surface area contributed by atoms with E-state index >= 15 is 0 Å². The molecule has 2 heterocycles. The van der Waals surface area contributed by atoms with Crippen molar-refractivity contribution in [1.82, 2.24) is 9.97 Å². The van der Waals surface area contributed by atoms with E-state index in [1.165, 1.54) is 30.5 Å². The first-order valence-corrected chi connectivity index (χ1v) is 11.1. The van der Waals surface area contributed by atoms with Gasteiger partial charge in [-0.25, -0.2) is 13.4 Å². The maximum atomic E-state index is 12.7. The topological polar surface area (TPSA) is 116 Å². The molecule has 8 nitrogen and oxygen atoms in total. The molecular weight excluding hydrogens is 414 g/mol. The van der Waals surface area contributed by atoms with Gasteiger partial charge in [0.25, 0.3) is 5.91 Å². The van der Waals surface area contributed by atoms with Gasteiger partial charge in [-0.1, -0.05) is 6.07 Å². The molecule has 0 aliphatic carbocycles. The van der Waals surface area contributed by atoms with Crippen molar-refractivity contribution in [2.24, 2.45) is 0 Å². The van der Waals surface area contributed by atoms with E-state index in [0.29, 0.717) is 28.3 Å². The summed E-state index contributed by atoms with van der Waals surface area (Å²) < 4.78 is 23.5. The Morgan fingerprint density at radius 1 is 1.13 bits per heavy atom. The van der Waals surface area contributed by atoms with Crippen LogP contribution >= 0.6 is 0 Å². The van der Waals surface area contributed by atoms with E-state index in [0.717, 1.165) is 11.8 Å². The van der Waals surface area contributed by atoms with Crippen molar-refractivity contribution in [3.63, 3.8) is 0 Å². The van der Waals surface area contributed by atoms with Crippen LogP contribution in [0.1, 0.15) is 21.6 Å². The zero-order valence-corrected chi connectivity index (χ0v) is 18.4. The summed E-state index contributed by atoms with van der Waals surface area (Å²) in [6.45, 7) is 1.82. The Labute approximate surface area is 181 Å². The SMILES string of the molecule is Cc1ncc(NC(=O)c2cccc(S(C)(=O)=O)c2)cc1-c1cnc(N(C)C)c(C#N)c1. The molecule has 158 valence electrons. The Hall–Kier alpha value is -3.77. The van der Waals surface area contributed by atoms with Crippen molar-refractivity contribution < 1.29 is 13.2 Å². The van der Waals surface area contributed by atoms with Crippen LogP contribution in [-0.4, -0.2) is 44.6 Å². The maximum absolute atomic E-state index is 12.7. The number of nitrogens with one attached hydrogen (secondary N) is 1. The Morgan fingerprint density at radius 3 is 2.52 bits per heavy atom. The third kappa shape index (κ3) is 4.87. The first kappa shape index (κ1) is 21.9. The summed E-state index contributed by atoms with van der Waals surface area (Å²) in [6.07, 6.45) is 4.26. The number of amides is 1. The number of aromatic nitrogens is 2. The van der Waals surface area contributed by atoms with E-state index in [1.54, 1.807) is 23.2 Å². The first-order valence-electron chi connectivity index (χ1n) is 9.26. The normalized spacial score (nSPS) is 10.9. The molecular formula is C22H21N5O3S. The van der Waals surface area contributed by atoms with Crippen LogP contribution in [0, 0.1) is 18.3 Å². The van der Waals surface area contributed by atoms with Crippen molar-refractivity contribution in [1.29, 1.82) is 5.26 Å². The molecule has 0 fully saturated rings. The number of aryl methyl sites for hydroxylation is 1. The minimum absolute atomic E-state index is 0.0685. The van der Waals surface area contributed by atoms with Crippen LogP contribution in [0.15, 0.2) is 53.7 Å². The number of pyridine rings is 2. The standard InChI is InChI=1S/C22H21N5O3S/c1-14-20(17-8-16(11-23)21(25-12-17)27(2)3)10-18(13-24-14)26-22(28)15-6-5-7-19(9-15)31(4,29)30/h5-10,12-13H,1-4H3,(H,26,28). The van der Waals surface area contributed by atoms with Gasteiger partial charge in [0.2, 0.25) is 0 Å². The molecule has 0 unspecified atom stereocenters. The Morgan fingerprint density at radius 2 is 1.87 bits per heavy atom. The average molecular weight is 436 g/mol. The van der Waals surface area contributed by atoms with Gasteiger partial charge in [0, 0.05) is 48.9 Å². The van der Waals surface area contributed by atoms with Gasteiger partial charge in [-0.2, -0.15) is 5.26 Å². The van der Waals surface area contributed by atoms with Crippen LogP contribution in [-0.2, 0) is 9.84 Å². The average Bonchev–Trinajstić information content (AvgIpc) is 2.74. The maximum Gasteiger partial charge on any atom is 0.255 e. The molecule has 3 rings (SSSR count). The van der Waals surface area contributed by atoms with Gasteiger partial charge in [0.1, 0.15) is 11.9 Å². The van der Waals surface area contributed by atoms with Gasteiger partial charge < -0.3 is 10.2 Å². The Balaban J connectivity index is 1.94. The van der Waals surface area contributed by atoms with Crippen LogP contribution in [0.4, 0.5) is 11.5 Å². The third-order valence-corrected chi connectivity index (χ3v) is 5.70. The number of nitriles is 1. The van der Waals surface area contributed by atoms with Crippen LogP contribution in [0.2, 0.25) is 0 Å². The van der Waals surface area contributed by atoms with Gasteiger partial charge in [0.15, 0.2) is 9.84 Å². The molecule has 1 amide bonds. The van der Waals surface area contributed by atoms with Gasteiger partial charge in [-0.15, -0.1) is 0 Å². The van der Waals surface area contributed by atoms with E-state index < -0.39 is 15.7 Å². The van der Waals surface area contributed by atoms with Gasteiger partial charge in [-0.05, 0) is 37.3 Å². The molecule has 31 heavy (non-hydrogen) atoms. The van der Waals surface area contributed by atoms with Gasteiger partial charge >= 0.3 is 0 Å². The fraction of sp³-hybridized carbons (Fsp3) is 0.182. The highest BCUT2D eigenvalue weighted by molar-refractivity contribution is 7.90. The summed E-state index contributed by atoms with van der Waals surface area (Å²) in [5.41, 5.74) is 3.20. The highest BCUT2D eigenvalue weighted by atomic mass is 32.2. The molecule has 0 aliphatic heterocycles. The third-order valence-electron chi connectivity index (χ3n) is 4.59. The zero-order valence-electron chi connectivity index (χ0n) is 17.5. The van der Waals surface area contributed by atoms with E-state index in [9.17, 15) is 18.5 Å². The summed E-state index contributed by atoms with van der Waals surface area (Å²) in [6, 6.07) is 11.4. The molecule has 3 aromatic rings. The second-order valence-electron chi connectivity index (χ2n) is 7.21. The Kier molecular flexibility index (Phi) is 6.04. The molecule has 0 radical (unpaired) electrons. The van der Waals surface area contributed by atoms with Crippen LogP contribution in [0.5, 0.6) is 0 Å². The molecule has 1 aromatic carbocycles. The van der Waals surface area contributed by atoms with Crippen LogP contribution in [0.3, 0.4) is 0 Å². The summed E-state index contributed by atoms with van der Waals surface area (Å²) >= 11 is 0. The second kappa shape index (κ2) is 8.53.